The summed E-state index contributed by atoms with van der Waals surface area (Å²) in [6, 6.07) is 14.0. The molecule has 0 heterocycles. The summed E-state index contributed by atoms with van der Waals surface area (Å²) in [6.45, 7) is 2.02. The summed E-state index contributed by atoms with van der Waals surface area (Å²) in [7, 11) is -0.723. The quantitative estimate of drug-likeness (QED) is 0.755. The van der Waals surface area contributed by atoms with Gasteiger partial charge < -0.3 is 10.6 Å². The Labute approximate surface area is 159 Å². The summed E-state index contributed by atoms with van der Waals surface area (Å²) in [5.41, 5.74) is 1.33. The van der Waals surface area contributed by atoms with Gasteiger partial charge in [0, 0.05) is 20.1 Å². The number of carbonyl (C=O) groups excluding carboxylic acids is 1. The van der Waals surface area contributed by atoms with Gasteiger partial charge in [-0.3, -0.25) is 4.79 Å². The maximum atomic E-state index is 12.2. The molecular weight excluding hydrogens is 374 g/mol. The minimum atomic E-state index is -3.61. The number of sulfonamides is 1. The number of hydrogen-bond donors (Lipinski definition) is 2. The van der Waals surface area contributed by atoms with Gasteiger partial charge in [-0.05, 0) is 30.7 Å². The van der Waals surface area contributed by atoms with E-state index in [2.05, 4.69) is 10.6 Å². The van der Waals surface area contributed by atoms with E-state index in [0.29, 0.717) is 0 Å². The van der Waals surface area contributed by atoms with Gasteiger partial charge in [-0.2, -0.15) is 0 Å². The summed E-state index contributed by atoms with van der Waals surface area (Å²) < 4.78 is 25.5. The van der Waals surface area contributed by atoms with Gasteiger partial charge in [-0.1, -0.05) is 41.9 Å². The van der Waals surface area contributed by atoms with Gasteiger partial charge in [0.1, 0.15) is 0 Å². The first-order valence-corrected chi connectivity index (χ1v) is 9.84. The Kier molecular flexibility index (Phi) is 6.77. The topological polar surface area (TPSA) is 78.5 Å². The van der Waals surface area contributed by atoms with Crippen molar-refractivity contribution in [1.29, 1.82) is 0 Å². The number of carbonyl (C=O) groups is 1. The van der Waals surface area contributed by atoms with Gasteiger partial charge in [0.25, 0.3) is 0 Å². The number of nitrogens with one attached hydrogen (secondary N) is 2. The predicted molar refractivity (Wildman–Crippen MR) is 104 cm³/mol. The minimum absolute atomic E-state index is 0.00197. The molecule has 0 aromatic heterocycles. The fourth-order valence-electron chi connectivity index (χ4n) is 2.27. The Bertz CT molecular complexity index is 871. The molecule has 8 heteroatoms. The summed E-state index contributed by atoms with van der Waals surface area (Å²) in [5, 5.41) is 6.04. The highest BCUT2D eigenvalue weighted by Gasteiger charge is 2.19. The molecule has 0 unspecified atom stereocenters. The smallest absolute Gasteiger partial charge is 0.242 e. The monoisotopic (exact) mass is 395 g/mol. The molecule has 140 valence electrons. The molecule has 2 rings (SSSR count). The molecule has 0 radical (unpaired) electrons. The first-order valence-electron chi connectivity index (χ1n) is 8.02. The molecule has 0 aliphatic carbocycles. The van der Waals surface area contributed by atoms with Gasteiger partial charge in [0.05, 0.1) is 22.2 Å². The van der Waals surface area contributed by atoms with Crippen molar-refractivity contribution >= 4 is 33.2 Å². The standard InChI is InChI=1S/C18H22ClN3O3S/c1-13(14-7-5-4-6-8-14)20-12-18(23)21-17-11-15(9-10-16(17)19)26(24,25)22(2)3/h4-11,13,20H,12H2,1-3H3,(H,21,23)/t13-/m1/s1. The van der Waals surface area contributed by atoms with Crippen LogP contribution in [0.15, 0.2) is 53.4 Å². The third-order valence-corrected chi connectivity index (χ3v) is 6.00. The fourth-order valence-corrected chi connectivity index (χ4v) is 3.36. The highest BCUT2D eigenvalue weighted by Crippen LogP contribution is 2.26. The average Bonchev–Trinajstić information content (AvgIpc) is 2.62. The summed E-state index contributed by atoms with van der Waals surface area (Å²) in [5.74, 6) is -0.311. The van der Waals surface area contributed by atoms with E-state index >= 15 is 0 Å². The van der Waals surface area contributed by atoms with Crippen LogP contribution in [0.4, 0.5) is 5.69 Å². The van der Waals surface area contributed by atoms with Crippen molar-refractivity contribution in [3.05, 3.63) is 59.1 Å². The zero-order valence-corrected chi connectivity index (χ0v) is 16.4. The maximum absolute atomic E-state index is 12.2. The van der Waals surface area contributed by atoms with Crippen LogP contribution in [-0.2, 0) is 14.8 Å². The number of nitrogens with zero attached hydrogens (tertiary/aromatic N) is 1. The second kappa shape index (κ2) is 8.64. The van der Waals surface area contributed by atoms with Crippen molar-refractivity contribution in [3.63, 3.8) is 0 Å². The van der Waals surface area contributed by atoms with Crippen LogP contribution in [0.25, 0.3) is 0 Å². The summed E-state index contributed by atoms with van der Waals surface area (Å²) >= 11 is 6.08. The van der Waals surface area contributed by atoms with E-state index < -0.39 is 10.0 Å². The van der Waals surface area contributed by atoms with Crippen molar-refractivity contribution in [2.45, 2.75) is 17.9 Å². The van der Waals surface area contributed by atoms with E-state index in [9.17, 15) is 13.2 Å². The van der Waals surface area contributed by atoms with Gasteiger partial charge in [-0.15, -0.1) is 0 Å². The van der Waals surface area contributed by atoms with Crippen molar-refractivity contribution in [2.24, 2.45) is 0 Å². The summed E-state index contributed by atoms with van der Waals surface area (Å²) in [4.78, 5) is 12.3. The van der Waals surface area contributed by atoms with Crippen LogP contribution in [0, 0.1) is 0 Å². The molecular formula is C18H22ClN3O3S. The highest BCUT2D eigenvalue weighted by molar-refractivity contribution is 7.89. The molecule has 0 bridgehead atoms. The first-order chi connectivity index (χ1) is 12.2. The van der Waals surface area contributed by atoms with Crippen LogP contribution in [0.5, 0.6) is 0 Å². The van der Waals surface area contributed by atoms with Crippen LogP contribution < -0.4 is 10.6 Å². The molecule has 0 saturated heterocycles. The molecule has 26 heavy (non-hydrogen) atoms. The lowest BCUT2D eigenvalue weighted by Crippen LogP contribution is -2.30. The second-order valence-corrected chi connectivity index (χ2v) is 8.55. The molecule has 1 amide bonds. The van der Waals surface area contributed by atoms with Crippen molar-refractivity contribution in [2.75, 3.05) is 26.0 Å². The Morgan fingerprint density at radius 3 is 2.42 bits per heavy atom. The number of hydrogen-bond acceptors (Lipinski definition) is 4. The largest absolute Gasteiger partial charge is 0.324 e. The van der Waals surface area contributed by atoms with E-state index in [0.717, 1.165) is 9.87 Å². The second-order valence-electron chi connectivity index (χ2n) is 5.99. The van der Waals surface area contributed by atoms with E-state index in [-0.39, 0.29) is 34.1 Å². The average molecular weight is 396 g/mol. The number of rotatable bonds is 7. The van der Waals surface area contributed by atoms with Crippen molar-refractivity contribution in [3.8, 4) is 0 Å². The normalized spacial score (nSPS) is 12.8. The minimum Gasteiger partial charge on any atom is -0.324 e. The maximum Gasteiger partial charge on any atom is 0.242 e. The van der Waals surface area contributed by atoms with E-state index in [1.807, 2.05) is 37.3 Å². The molecule has 0 saturated carbocycles. The Balaban J connectivity index is 2.05. The molecule has 1 atom stereocenters. The molecule has 6 nitrogen and oxygen atoms in total. The van der Waals surface area contributed by atoms with Crippen LogP contribution in [0.1, 0.15) is 18.5 Å². The van der Waals surface area contributed by atoms with Crippen molar-refractivity contribution < 1.29 is 13.2 Å². The Morgan fingerprint density at radius 1 is 1.15 bits per heavy atom. The zero-order chi connectivity index (χ0) is 19.3. The molecule has 0 aliphatic heterocycles. The molecule has 2 aromatic rings. The van der Waals surface area contributed by atoms with Crippen LogP contribution in [-0.4, -0.2) is 39.3 Å². The highest BCUT2D eigenvalue weighted by atomic mass is 35.5. The van der Waals surface area contributed by atoms with E-state index in [1.165, 1.54) is 32.3 Å². The summed E-state index contributed by atoms with van der Waals surface area (Å²) in [6.07, 6.45) is 0. The van der Waals surface area contributed by atoms with Gasteiger partial charge in [0.15, 0.2) is 0 Å². The molecule has 0 aliphatic rings. The first kappa shape index (κ1) is 20.4. The SMILES string of the molecule is C[C@@H](NCC(=O)Nc1cc(S(=O)(=O)N(C)C)ccc1Cl)c1ccccc1. The van der Waals surface area contributed by atoms with Gasteiger partial charge in [-0.25, -0.2) is 12.7 Å². The third-order valence-electron chi connectivity index (χ3n) is 3.86. The lowest BCUT2D eigenvalue weighted by molar-refractivity contribution is -0.115. The van der Waals surface area contributed by atoms with Crippen LogP contribution in [0.2, 0.25) is 5.02 Å². The molecule has 2 N–H and O–H groups in total. The predicted octanol–water partition coefficient (Wildman–Crippen LogP) is 2.88. The fraction of sp³-hybridized carbons (Fsp3) is 0.278. The van der Waals surface area contributed by atoms with Crippen LogP contribution in [0.3, 0.4) is 0 Å². The number of halogens is 1. The Hall–Kier alpha value is -1.93. The van der Waals surface area contributed by atoms with Crippen molar-refractivity contribution in [1.82, 2.24) is 9.62 Å². The van der Waals surface area contributed by atoms with E-state index in [4.69, 9.17) is 11.6 Å². The van der Waals surface area contributed by atoms with Crippen LogP contribution >= 0.6 is 11.6 Å². The lowest BCUT2D eigenvalue weighted by atomic mass is 10.1. The molecule has 0 spiro atoms. The zero-order valence-electron chi connectivity index (χ0n) is 14.9. The Morgan fingerprint density at radius 2 is 1.81 bits per heavy atom. The van der Waals surface area contributed by atoms with E-state index in [1.54, 1.807) is 0 Å². The molecule has 0 fully saturated rings. The molecule has 2 aromatic carbocycles. The number of amides is 1. The van der Waals surface area contributed by atoms with Gasteiger partial charge >= 0.3 is 0 Å². The van der Waals surface area contributed by atoms with Gasteiger partial charge in [0.2, 0.25) is 15.9 Å². The number of benzene rings is 2. The number of anilines is 1. The lowest BCUT2D eigenvalue weighted by Gasteiger charge is -2.16. The third kappa shape index (κ3) is 5.04.